The number of amides is 1. The van der Waals surface area contributed by atoms with Gasteiger partial charge in [0.25, 0.3) is 0 Å². The Morgan fingerprint density at radius 1 is 1.00 bits per heavy atom. The van der Waals surface area contributed by atoms with Gasteiger partial charge in [-0.3, -0.25) is 14.4 Å². The van der Waals surface area contributed by atoms with Crippen molar-refractivity contribution >= 4 is 58.8 Å². The van der Waals surface area contributed by atoms with E-state index >= 15 is 0 Å². The Hall–Kier alpha value is -1.53. The molecule has 1 fully saturated rings. The molecule has 11 nitrogen and oxygen atoms in total. The first-order chi connectivity index (χ1) is 13.3. The van der Waals surface area contributed by atoms with Crippen molar-refractivity contribution in [2.75, 3.05) is 13.2 Å². The second-order valence-electron chi connectivity index (χ2n) is 5.88. The van der Waals surface area contributed by atoms with E-state index in [0.29, 0.717) is 0 Å². The molecule has 14 heteroatoms. The molecule has 166 valence electrons. The lowest BCUT2D eigenvalue weighted by atomic mass is 9.96. The Kier molecular flexibility index (Phi) is 9.69. The summed E-state index contributed by atoms with van der Waals surface area (Å²) in [7, 11) is 0. The number of aliphatic hydroxyl groups excluding tert-OH is 1. The third kappa shape index (κ3) is 9.22. The molecule has 1 aliphatic heterocycles. The molecule has 0 radical (unpaired) electrons. The monoisotopic (exact) mass is 479 g/mol. The van der Waals surface area contributed by atoms with Crippen LogP contribution in [-0.2, 0) is 38.1 Å². The SMILES string of the molecule is CC(=O)OC[C@H]1O[C@@H](OC(C)=O)[C@H](NC(=O)OCC(Cl)(Cl)Cl)[C@@H](O)[C@@H]1OC(C)=O. The highest BCUT2D eigenvalue weighted by molar-refractivity contribution is 6.67. The van der Waals surface area contributed by atoms with Crippen LogP contribution in [0.5, 0.6) is 0 Å². The zero-order valence-electron chi connectivity index (χ0n) is 15.6. The number of nitrogens with one attached hydrogen (secondary N) is 1. The van der Waals surface area contributed by atoms with Crippen LogP contribution < -0.4 is 5.32 Å². The fourth-order valence-corrected chi connectivity index (χ4v) is 2.50. The molecule has 0 saturated carbocycles. The molecule has 1 rings (SSSR count). The highest BCUT2D eigenvalue weighted by atomic mass is 35.6. The summed E-state index contributed by atoms with van der Waals surface area (Å²) in [6.45, 7) is 2.23. The molecule has 29 heavy (non-hydrogen) atoms. The molecule has 1 aliphatic rings. The molecule has 0 aliphatic carbocycles. The van der Waals surface area contributed by atoms with Gasteiger partial charge >= 0.3 is 24.0 Å². The van der Waals surface area contributed by atoms with Gasteiger partial charge in [0.1, 0.15) is 31.5 Å². The second-order valence-corrected chi connectivity index (χ2v) is 8.40. The van der Waals surface area contributed by atoms with E-state index in [4.69, 9.17) is 58.5 Å². The first-order valence-electron chi connectivity index (χ1n) is 8.11. The van der Waals surface area contributed by atoms with Crippen molar-refractivity contribution < 1.29 is 48.0 Å². The van der Waals surface area contributed by atoms with E-state index in [1.54, 1.807) is 0 Å². The summed E-state index contributed by atoms with van der Waals surface area (Å²) in [5, 5.41) is 12.8. The zero-order chi connectivity index (χ0) is 22.4. The highest BCUT2D eigenvalue weighted by Crippen LogP contribution is 2.27. The van der Waals surface area contributed by atoms with Gasteiger partial charge in [0, 0.05) is 20.8 Å². The van der Waals surface area contributed by atoms with E-state index in [-0.39, 0.29) is 0 Å². The molecule has 2 N–H and O–H groups in total. The number of alkyl halides is 3. The molecule has 0 aromatic rings. The summed E-state index contributed by atoms with van der Waals surface area (Å²) in [6, 6.07) is -1.43. The van der Waals surface area contributed by atoms with Gasteiger partial charge in [-0.25, -0.2) is 4.79 Å². The van der Waals surface area contributed by atoms with Crippen molar-refractivity contribution in [3.63, 3.8) is 0 Å². The molecule has 0 aromatic heterocycles. The van der Waals surface area contributed by atoms with Crippen LogP contribution in [0.3, 0.4) is 0 Å². The van der Waals surface area contributed by atoms with Crippen LogP contribution in [0, 0.1) is 0 Å². The average Bonchev–Trinajstić information content (AvgIpc) is 2.55. The summed E-state index contributed by atoms with van der Waals surface area (Å²) in [5.74, 6) is -2.25. The molecule has 0 spiro atoms. The highest BCUT2D eigenvalue weighted by Gasteiger charge is 2.50. The largest absolute Gasteiger partial charge is 0.463 e. The minimum atomic E-state index is -1.89. The maximum Gasteiger partial charge on any atom is 0.407 e. The third-order valence-corrected chi connectivity index (χ3v) is 3.69. The maximum absolute atomic E-state index is 12.0. The maximum atomic E-state index is 12.0. The van der Waals surface area contributed by atoms with Gasteiger partial charge in [-0.15, -0.1) is 0 Å². The van der Waals surface area contributed by atoms with Crippen molar-refractivity contribution in [1.82, 2.24) is 5.32 Å². The standard InChI is InChI=1S/C15H20Cl3NO10/c1-6(20)25-4-9-12(27-7(2)21)11(23)10(13(29-9)28-8(3)22)19-14(24)26-5-15(16,17)18/h9-13,23H,4-5H2,1-3H3,(H,19,24)/t9-,10-,11-,12-,13-/m1/s1. The van der Waals surface area contributed by atoms with E-state index in [0.717, 1.165) is 20.8 Å². The molecule has 1 saturated heterocycles. The van der Waals surface area contributed by atoms with Gasteiger partial charge in [-0.2, -0.15) is 0 Å². The van der Waals surface area contributed by atoms with Crippen LogP contribution in [0.25, 0.3) is 0 Å². The number of halogens is 3. The minimum absolute atomic E-state index is 0.424. The fourth-order valence-electron chi connectivity index (χ4n) is 2.33. The third-order valence-electron chi connectivity index (χ3n) is 3.36. The Morgan fingerprint density at radius 2 is 1.59 bits per heavy atom. The number of esters is 3. The minimum Gasteiger partial charge on any atom is -0.463 e. The van der Waals surface area contributed by atoms with Crippen LogP contribution in [0.15, 0.2) is 0 Å². The Labute approximate surface area is 180 Å². The number of carbonyl (C=O) groups excluding carboxylic acids is 4. The van der Waals surface area contributed by atoms with E-state index in [9.17, 15) is 24.3 Å². The quantitative estimate of drug-likeness (QED) is 0.314. The molecule has 5 atom stereocenters. The van der Waals surface area contributed by atoms with E-state index < -0.39 is 71.7 Å². The van der Waals surface area contributed by atoms with E-state index in [1.807, 2.05) is 0 Å². The fraction of sp³-hybridized carbons (Fsp3) is 0.733. The Morgan fingerprint density at radius 3 is 2.07 bits per heavy atom. The first kappa shape index (κ1) is 25.5. The predicted molar refractivity (Wildman–Crippen MR) is 97.2 cm³/mol. The summed E-state index contributed by atoms with van der Waals surface area (Å²) in [4.78, 5) is 45.8. The van der Waals surface area contributed by atoms with Crippen molar-refractivity contribution in [1.29, 1.82) is 0 Å². The lowest BCUT2D eigenvalue weighted by Gasteiger charge is -2.42. The number of rotatable bonds is 6. The van der Waals surface area contributed by atoms with Crippen molar-refractivity contribution in [3.8, 4) is 0 Å². The molecule has 0 bridgehead atoms. The number of hydrogen-bond donors (Lipinski definition) is 2. The van der Waals surface area contributed by atoms with Gasteiger partial charge < -0.3 is 34.1 Å². The van der Waals surface area contributed by atoms with Gasteiger partial charge in [-0.05, 0) is 0 Å². The van der Waals surface area contributed by atoms with E-state index in [1.165, 1.54) is 0 Å². The normalized spacial score (nSPS) is 26.8. The Balaban J connectivity index is 3.02. The average molecular weight is 481 g/mol. The molecular formula is C15H20Cl3NO10. The second kappa shape index (κ2) is 11.0. The number of aliphatic hydroxyl groups is 1. The lowest BCUT2D eigenvalue weighted by Crippen LogP contribution is -2.66. The van der Waals surface area contributed by atoms with Crippen LogP contribution in [0.4, 0.5) is 4.79 Å². The number of carbonyl (C=O) groups is 4. The van der Waals surface area contributed by atoms with Crippen LogP contribution in [0.1, 0.15) is 20.8 Å². The van der Waals surface area contributed by atoms with Crippen molar-refractivity contribution in [3.05, 3.63) is 0 Å². The van der Waals surface area contributed by atoms with Crippen LogP contribution in [0.2, 0.25) is 0 Å². The summed E-state index contributed by atoms with van der Waals surface area (Å²) in [6.07, 6.45) is -6.89. The Bertz CT molecular complexity index is 626. The van der Waals surface area contributed by atoms with Crippen LogP contribution >= 0.6 is 34.8 Å². The summed E-state index contributed by atoms with van der Waals surface area (Å²) >= 11 is 16.5. The number of alkyl carbamates (subject to hydrolysis) is 1. The predicted octanol–water partition coefficient (Wildman–Crippen LogP) is 0.595. The van der Waals surface area contributed by atoms with Crippen molar-refractivity contribution in [2.24, 2.45) is 0 Å². The van der Waals surface area contributed by atoms with Crippen molar-refractivity contribution in [2.45, 2.75) is 55.2 Å². The topological polar surface area (TPSA) is 147 Å². The van der Waals surface area contributed by atoms with Gasteiger partial charge in [0.2, 0.25) is 10.1 Å². The smallest absolute Gasteiger partial charge is 0.407 e. The first-order valence-corrected chi connectivity index (χ1v) is 9.25. The molecule has 0 aromatic carbocycles. The molecule has 0 unspecified atom stereocenters. The summed E-state index contributed by atoms with van der Waals surface area (Å²) in [5.41, 5.74) is 0. The summed E-state index contributed by atoms with van der Waals surface area (Å²) < 4.78 is 23.1. The lowest BCUT2D eigenvalue weighted by molar-refractivity contribution is -0.267. The zero-order valence-corrected chi connectivity index (χ0v) is 17.8. The van der Waals surface area contributed by atoms with Crippen LogP contribution in [-0.4, -0.2) is 76.8 Å². The van der Waals surface area contributed by atoms with E-state index in [2.05, 4.69) is 5.32 Å². The number of hydrogen-bond acceptors (Lipinski definition) is 10. The van der Waals surface area contributed by atoms with Gasteiger partial charge in [-0.1, -0.05) is 34.8 Å². The molecule has 1 amide bonds. The number of ether oxygens (including phenoxy) is 5. The molecule has 1 heterocycles. The van der Waals surface area contributed by atoms with Gasteiger partial charge in [0.05, 0.1) is 0 Å². The van der Waals surface area contributed by atoms with Gasteiger partial charge in [0.15, 0.2) is 6.10 Å². The molecular weight excluding hydrogens is 461 g/mol.